The van der Waals surface area contributed by atoms with Crippen LogP contribution in [0, 0.1) is 11.6 Å². The zero-order chi connectivity index (χ0) is 23.4. The first-order chi connectivity index (χ1) is 15.2. The Bertz CT molecular complexity index is 1040. The van der Waals surface area contributed by atoms with Crippen LogP contribution in [0.1, 0.15) is 36.8 Å². The molecule has 2 aliphatic heterocycles. The number of nitrogens with two attached hydrogens (primary N) is 1. The van der Waals surface area contributed by atoms with Gasteiger partial charge in [-0.05, 0) is 43.9 Å². The van der Waals surface area contributed by atoms with Crippen molar-refractivity contribution in [1.82, 2.24) is 14.1 Å². The van der Waals surface area contributed by atoms with Gasteiger partial charge in [-0.1, -0.05) is 0 Å². The summed E-state index contributed by atoms with van der Waals surface area (Å²) in [6.45, 7) is 0.741. The van der Waals surface area contributed by atoms with Crippen molar-refractivity contribution in [3.63, 3.8) is 0 Å². The summed E-state index contributed by atoms with van der Waals surface area (Å²) in [6, 6.07) is 3.82. The van der Waals surface area contributed by atoms with Crippen LogP contribution in [0.3, 0.4) is 0 Å². The molecule has 2 saturated heterocycles. The summed E-state index contributed by atoms with van der Waals surface area (Å²) in [6.07, 6.45) is 4.35. The second-order valence-electron chi connectivity index (χ2n) is 8.08. The fourth-order valence-electron chi connectivity index (χ4n) is 3.92. The van der Waals surface area contributed by atoms with E-state index in [2.05, 4.69) is 5.10 Å². The van der Waals surface area contributed by atoms with E-state index in [0.29, 0.717) is 57.5 Å². The molecule has 0 unspecified atom stereocenters. The van der Waals surface area contributed by atoms with Crippen LogP contribution in [0.15, 0.2) is 24.4 Å². The van der Waals surface area contributed by atoms with Gasteiger partial charge in [0.25, 0.3) is 0 Å². The number of ether oxygens (including phenoxy) is 1. The van der Waals surface area contributed by atoms with E-state index < -0.39 is 27.1 Å². The predicted molar refractivity (Wildman–Crippen MR) is 115 cm³/mol. The maximum atomic E-state index is 14.7. The smallest absolute Gasteiger partial charge is 0.214 e. The third kappa shape index (κ3) is 5.51. The van der Waals surface area contributed by atoms with Crippen molar-refractivity contribution in [2.45, 2.75) is 37.6 Å². The Morgan fingerprint density at radius 2 is 1.94 bits per heavy atom. The number of aromatic nitrogens is 2. The summed E-state index contributed by atoms with van der Waals surface area (Å²) in [5.74, 6) is -0.768. The second-order valence-corrected chi connectivity index (χ2v) is 10.2. The third-order valence-electron chi connectivity index (χ3n) is 5.82. The average molecular weight is 471 g/mol. The van der Waals surface area contributed by atoms with E-state index in [9.17, 15) is 22.0 Å². The molecule has 176 valence electrons. The highest BCUT2D eigenvalue weighted by Crippen LogP contribution is 2.36. The molecule has 3 heterocycles. The number of benzene rings is 1. The Morgan fingerprint density at radius 3 is 2.47 bits per heavy atom. The summed E-state index contributed by atoms with van der Waals surface area (Å²) >= 11 is 0. The van der Waals surface area contributed by atoms with Crippen molar-refractivity contribution in [1.29, 1.82) is 0 Å². The fraction of sp³-hybridized carbons (Fsp3) is 0.524. The molecule has 8 nitrogen and oxygen atoms in total. The minimum absolute atomic E-state index is 0.0140. The number of carbonyl (C=O) groups excluding carboxylic acids is 1. The average Bonchev–Trinajstić information content (AvgIpc) is 3.15. The summed E-state index contributed by atoms with van der Waals surface area (Å²) in [5, 5.41) is 3.81. The van der Waals surface area contributed by atoms with E-state index in [1.807, 2.05) is 7.05 Å². The van der Waals surface area contributed by atoms with Gasteiger partial charge in [-0.3, -0.25) is 4.68 Å². The van der Waals surface area contributed by atoms with Gasteiger partial charge in [0.2, 0.25) is 10.0 Å². The van der Waals surface area contributed by atoms with E-state index >= 15 is 0 Å². The molecule has 2 N–H and O–H groups in total. The van der Waals surface area contributed by atoms with Gasteiger partial charge in [0.1, 0.15) is 23.7 Å². The lowest BCUT2D eigenvalue weighted by Crippen LogP contribution is -2.38. The maximum absolute atomic E-state index is 14.7. The summed E-state index contributed by atoms with van der Waals surface area (Å²) in [5.41, 5.74) is 4.17. The maximum Gasteiger partial charge on any atom is 0.214 e. The summed E-state index contributed by atoms with van der Waals surface area (Å²) < 4.78 is 61.4. The molecule has 11 heteroatoms. The standard InChI is InChI=1S/C17H21F2NO4S.C4H7N3/c18-15-10-14(17(12-21)3-6-24-7-4-17)16(19)9-13(15)11-20-5-1-2-8-25(20,22)23;1-7-3-2-4(5)6-7/h9-10,12H,1-8,11H2;2-3H,1H3,(H2,5,6). The van der Waals surface area contributed by atoms with Crippen LogP contribution in [0.2, 0.25) is 0 Å². The molecule has 0 saturated carbocycles. The molecule has 32 heavy (non-hydrogen) atoms. The fourth-order valence-corrected chi connectivity index (χ4v) is 5.49. The number of nitrogen functional groups attached to an aromatic ring is 1. The summed E-state index contributed by atoms with van der Waals surface area (Å²) in [4.78, 5) is 11.6. The number of anilines is 1. The van der Waals surface area contributed by atoms with Crippen molar-refractivity contribution >= 4 is 22.1 Å². The predicted octanol–water partition coefficient (Wildman–Crippen LogP) is 2.14. The van der Waals surface area contributed by atoms with E-state index in [-0.39, 0.29) is 23.4 Å². The molecule has 1 aromatic carbocycles. The van der Waals surface area contributed by atoms with Crippen LogP contribution in [0.5, 0.6) is 0 Å². The molecule has 0 radical (unpaired) electrons. The first-order valence-electron chi connectivity index (χ1n) is 10.4. The second kappa shape index (κ2) is 10.1. The Balaban J connectivity index is 0.000000352. The number of sulfonamides is 1. The Morgan fingerprint density at radius 1 is 1.22 bits per heavy atom. The molecule has 2 aliphatic rings. The van der Waals surface area contributed by atoms with Gasteiger partial charge >= 0.3 is 0 Å². The number of hydrogen-bond donors (Lipinski definition) is 1. The number of rotatable bonds is 4. The first-order valence-corrected chi connectivity index (χ1v) is 12.0. The Kier molecular flexibility index (Phi) is 7.63. The van der Waals surface area contributed by atoms with Crippen molar-refractivity contribution in [3.8, 4) is 0 Å². The zero-order valence-electron chi connectivity index (χ0n) is 18.0. The Hall–Kier alpha value is -2.37. The van der Waals surface area contributed by atoms with Gasteiger partial charge in [0.15, 0.2) is 0 Å². The lowest BCUT2D eigenvalue weighted by atomic mass is 9.75. The SMILES string of the molecule is Cn1ccc(N)n1.O=CC1(c2cc(F)c(CN3CCCCS3(=O)=O)cc2F)CCOCC1. The monoisotopic (exact) mass is 470 g/mol. The van der Waals surface area contributed by atoms with Crippen LogP contribution in [0.4, 0.5) is 14.6 Å². The molecule has 0 bridgehead atoms. The van der Waals surface area contributed by atoms with E-state index in [0.717, 1.165) is 12.1 Å². The lowest BCUT2D eigenvalue weighted by molar-refractivity contribution is -0.116. The largest absolute Gasteiger partial charge is 0.382 e. The van der Waals surface area contributed by atoms with Crippen LogP contribution in [-0.2, 0) is 38.6 Å². The van der Waals surface area contributed by atoms with Gasteiger partial charge in [-0.2, -0.15) is 9.40 Å². The molecule has 0 aliphatic carbocycles. The minimum Gasteiger partial charge on any atom is -0.382 e. The van der Waals surface area contributed by atoms with Gasteiger partial charge in [-0.25, -0.2) is 17.2 Å². The molecule has 0 spiro atoms. The summed E-state index contributed by atoms with van der Waals surface area (Å²) in [7, 11) is -1.60. The molecule has 2 aromatic rings. The number of aryl methyl sites for hydroxylation is 1. The Labute approximate surface area is 186 Å². The molecule has 0 atom stereocenters. The number of halogens is 2. The van der Waals surface area contributed by atoms with Crippen LogP contribution in [-0.4, -0.2) is 54.3 Å². The van der Waals surface area contributed by atoms with Crippen LogP contribution >= 0.6 is 0 Å². The third-order valence-corrected chi connectivity index (χ3v) is 7.72. The van der Waals surface area contributed by atoms with Crippen LogP contribution in [0.25, 0.3) is 0 Å². The zero-order valence-corrected chi connectivity index (χ0v) is 18.8. The molecule has 0 amide bonds. The topological polar surface area (TPSA) is 108 Å². The highest BCUT2D eigenvalue weighted by Gasteiger charge is 2.37. The van der Waals surface area contributed by atoms with E-state index in [4.69, 9.17) is 10.5 Å². The van der Waals surface area contributed by atoms with Crippen molar-refractivity contribution in [2.75, 3.05) is 31.2 Å². The van der Waals surface area contributed by atoms with Gasteiger partial charge in [0.05, 0.1) is 11.2 Å². The number of hydrogen-bond acceptors (Lipinski definition) is 6. The quantitative estimate of drug-likeness (QED) is 0.686. The highest BCUT2D eigenvalue weighted by atomic mass is 32.2. The number of nitrogens with zero attached hydrogens (tertiary/aromatic N) is 3. The van der Waals surface area contributed by atoms with Gasteiger partial charge in [0, 0.05) is 50.7 Å². The van der Waals surface area contributed by atoms with E-state index in [1.54, 1.807) is 16.9 Å². The van der Waals surface area contributed by atoms with Gasteiger partial charge in [-0.15, -0.1) is 0 Å². The highest BCUT2D eigenvalue weighted by molar-refractivity contribution is 7.89. The molecular weight excluding hydrogens is 442 g/mol. The van der Waals surface area contributed by atoms with Crippen molar-refractivity contribution in [3.05, 3.63) is 47.2 Å². The number of carbonyl (C=O) groups is 1. The molecule has 4 rings (SSSR count). The van der Waals surface area contributed by atoms with Crippen LogP contribution < -0.4 is 5.73 Å². The normalized spacial score (nSPS) is 20.2. The minimum atomic E-state index is -3.43. The van der Waals surface area contributed by atoms with Gasteiger partial charge < -0.3 is 15.3 Å². The van der Waals surface area contributed by atoms with Crippen molar-refractivity contribution in [2.24, 2.45) is 7.05 Å². The molecular formula is C21H28F2N4O4S. The van der Waals surface area contributed by atoms with Crippen molar-refractivity contribution < 1.29 is 26.7 Å². The molecule has 2 fully saturated rings. The van der Waals surface area contributed by atoms with E-state index in [1.165, 1.54) is 4.31 Å². The lowest BCUT2D eigenvalue weighted by Gasteiger charge is -2.33. The first kappa shape index (κ1) is 24.3. The molecule has 1 aromatic heterocycles. The number of aldehydes is 1.